The highest BCUT2D eigenvalue weighted by Crippen LogP contribution is 2.33. The molecular formula is C23H27ClN4O4S. The van der Waals surface area contributed by atoms with Crippen LogP contribution in [0.3, 0.4) is 0 Å². The van der Waals surface area contributed by atoms with E-state index in [1.54, 1.807) is 36.4 Å². The Morgan fingerprint density at radius 1 is 1.00 bits per heavy atom. The highest BCUT2D eigenvalue weighted by Gasteiger charge is 2.26. The summed E-state index contributed by atoms with van der Waals surface area (Å²) in [4.78, 5) is 27.9. The second-order valence-corrected chi connectivity index (χ2v) is 10.3. The number of benzene rings is 2. The van der Waals surface area contributed by atoms with E-state index in [1.165, 1.54) is 11.0 Å². The zero-order valence-electron chi connectivity index (χ0n) is 18.2. The normalized spacial score (nSPS) is 16.7. The summed E-state index contributed by atoms with van der Waals surface area (Å²) in [5, 5.41) is 3.03. The first-order chi connectivity index (χ1) is 15.8. The average molecular weight is 491 g/mol. The maximum atomic E-state index is 13.4. The minimum absolute atomic E-state index is 0.0437. The quantitative estimate of drug-likeness (QED) is 0.616. The molecule has 10 heteroatoms. The number of halogens is 1. The lowest BCUT2D eigenvalue weighted by atomic mass is 10.1. The van der Waals surface area contributed by atoms with Crippen molar-refractivity contribution in [3.63, 3.8) is 0 Å². The number of hydrogen-bond donors (Lipinski definition) is 2. The number of nitrogens with one attached hydrogen (secondary N) is 2. The molecular weight excluding hydrogens is 464 g/mol. The number of carbonyl (C=O) groups is 2. The third kappa shape index (κ3) is 5.59. The first-order valence-electron chi connectivity index (χ1n) is 11.1. The Labute approximate surface area is 198 Å². The molecule has 2 fully saturated rings. The summed E-state index contributed by atoms with van der Waals surface area (Å²) in [5.74, 6) is -0.406. The van der Waals surface area contributed by atoms with Crippen molar-refractivity contribution in [2.75, 3.05) is 41.1 Å². The number of amides is 2. The molecule has 0 radical (unpaired) electrons. The summed E-state index contributed by atoms with van der Waals surface area (Å²) in [7, 11) is -4.00. The highest BCUT2D eigenvalue weighted by atomic mass is 35.5. The Morgan fingerprint density at radius 2 is 1.76 bits per heavy atom. The van der Waals surface area contributed by atoms with Crippen LogP contribution in [0, 0.1) is 0 Å². The number of piperidine rings is 1. The second kappa shape index (κ2) is 10.0. The van der Waals surface area contributed by atoms with Crippen LogP contribution >= 0.6 is 11.6 Å². The lowest BCUT2D eigenvalue weighted by Gasteiger charge is -2.30. The van der Waals surface area contributed by atoms with Crippen molar-refractivity contribution >= 4 is 50.5 Å². The minimum atomic E-state index is -4.00. The van der Waals surface area contributed by atoms with E-state index in [9.17, 15) is 18.0 Å². The van der Waals surface area contributed by atoms with Gasteiger partial charge in [0.2, 0.25) is 11.8 Å². The van der Waals surface area contributed by atoms with E-state index >= 15 is 0 Å². The van der Waals surface area contributed by atoms with Gasteiger partial charge < -0.3 is 15.1 Å². The average Bonchev–Trinajstić information content (AvgIpc) is 3.20. The number of carbonyl (C=O) groups excluding carboxylic acids is 2. The van der Waals surface area contributed by atoms with Crippen LogP contribution < -0.4 is 14.9 Å². The first kappa shape index (κ1) is 23.4. The van der Waals surface area contributed by atoms with Gasteiger partial charge in [-0.2, -0.15) is 0 Å². The predicted octanol–water partition coefficient (Wildman–Crippen LogP) is 3.69. The van der Waals surface area contributed by atoms with E-state index < -0.39 is 10.0 Å². The third-order valence-corrected chi connectivity index (χ3v) is 7.58. The van der Waals surface area contributed by atoms with E-state index in [-0.39, 0.29) is 28.9 Å². The van der Waals surface area contributed by atoms with Crippen molar-refractivity contribution in [1.29, 1.82) is 0 Å². The Balaban J connectivity index is 1.62. The topological polar surface area (TPSA) is 98.8 Å². The molecule has 0 aromatic heterocycles. The summed E-state index contributed by atoms with van der Waals surface area (Å²) < 4.78 is 29.4. The smallest absolute Gasteiger partial charge is 0.264 e. The molecule has 8 nitrogen and oxygen atoms in total. The van der Waals surface area contributed by atoms with Crippen molar-refractivity contribution in [3.8, 4) is 0 Å². The molecule has 0 aliphatic carbocycles. The molecule has 2 heterocycles. The molecule has 2 N–H and O–H groups in total. The number of anilines is 3. The van der Waals surface area contributed by atoms with Crippen molar-refractivity contribution in [3.05, 3.63) is 47.5 Å². The molecule has 2 aromatic carbocycles. The number of sulfonamides is 1. The minimum Gasteiger partial charge on any atom is -0.370 e. The van der Waals surface area contributed by atoms with Crippen LogP contribution in [-0.4, -0.2) is 51.3 Å². The summed E-state index contributed by atoms with van der Waals surface area (Å²) in [5.41, 5.74) is 1.22. The maximum absolute atomic E-state index is 13.4. The number of rotatable bonds is 7. The van der Waals surface area contributed by atoms with Gasteiger partial charge in [0.25, 0.3) is 10.0 Å². The van der Waals surface area contributed by atoms with Gasteiger partial charge in [-0.25, -0.2) is 8.42 Å². The molecule has 4 rings (SSSR count). The molecule has 0 unspecified atom stereocenters. The SMILES string of the molecule is O=C(CN1CCCC1=O)Nc1ccc(N2CCCCC2)c(S(=O)(=O)Nc2ccccc2Cl)c1. The van der Waals surface area contributed by atoms with Crippen LogP contribution in [0.5, 0.6) is 0 Å². The van der Waals surface area contributed by atoms with Crippen molar-refractivity contribution < 1.29 is 18.0 Å². The van der Waals surface area contributed by atoms with Crippen LogP contribution in [0.4, 0.5) is 17.1 Å². The summed E-state index contributed by atoms with van der Waals surface area (Å²) in [6.07, 6.45) is 4.28. The van der Waals surface area contributed by atoms with Gasteiger partial charge in [0.05, 0.1) is 22.9 Å². The van der Waals surface area contributed by atoms with Gasteiger partial charge in [-0.15, -0.1) is 0 Å². The molecule has 0 spiro atoms. The Bertz CT molecular complexity index is 1150. The van der Waals surface area contributed by atoms with Crippen molar-refractivity contribution in [2.45, 2.75) is 37.0 Å². The van der Waals surface area contributed by atoms with Gasteiger partial charge in [-0.05, 0) is 56.0 Å². The van der Waals surface area contributed by atoms with Gasteiger partial charge in [0.1, 0.15) is 4.90 Å². The molecule has 2 saturated heterocycles. The zero-order valence-corrected chi connectivity index (χ0v) is 19.8. The molecule has 0 bridgehead atoms. The molecule has 33 heavy (non-hydrogen) atoms. The fraction of sp³-hybridized carbons (Fsp3) is 0.391. The van der Waals surface area contributed by atoms with E-state index in [0.717, 1.165) is 38.8 Å². The molecule has 0 saturated carbocycles. The molecule has 2 aromatic rings. The van der Waals surface area contributed by atoms with Gasteiger partial charge in [-0.3, -0.25) is 14.3 Å². The number of hydrogen-bond acceptors (Lipinski definition) is 5. The number of likely N-dealkylation sites (tertiary alicyclic amines) is 1. The van der Waals surface area contributed by atoms with Gasteiger partial charge in [0, 0.05) is 31.7 Å². The molecule has 2 aliphatic rings. The Kier molecular flexibility index (Phi) is 7.09. The zero-order chi connectivity index (χ0) is 23.4. The van der Waals surface area contributed by atoms with Crippen LogP contribution in [0.1, 0.15) is 32.1 Å². The van der Waals surface area contributed by atoms with Crippen LogP contribution in [0.2, 0.25) is 5.02 Å². The maximum Gasteiger partial charge on any atom is 0.264 e. The van der Waals surface area contributed by atoms with Crippen LogP contribution in [-0.2, 0) is 19.6 Å². The van der Waals surface area contributed by atoms with Gasteiger partial charge >= 0.3 is 0 Å². The monoisotopic (exact) mass is 490 g/mol. The second-order valence-electron chi connectivity index (χ2n) is 8.28. The van der Waals surface area contributed by atoms with E-state index in [1.807, 2.05) is 0 Å². The van der Waals surface area contributed by atoms with Crippen LogP contribution in [0.25, 0.3) is 0 Å². The van der Waals surface area contributed by atoms with Gasteiger partial charge in [-0.1, -0.05) is 23.7 Å². The first-order valence-corrected chi connectivity index (χ1v) is 12.9. The van der Waals surface area contributed by atoms with E-state index in [4.69, 9.17) is 11.6 Å². The summed E-state index contributed by atoms with van der Waals surface area (Å²) in [6, 6.07) is 11.5. The fourth-order valence-corrected chi connectivity index (χ4v) is 5.76. The summed E-state index contributed by atoms with van der Waals surface area (Å²) >= 11 is 6.17. The molecule has 0 atom stereocenters. The Morgan fingerprint density at radius 3 is 2.45 bits per heavy atom. The Hall–Kier alpha value is -2.78. The lowest BCUT2D eigenvalue weighted by molar-refractivity contribution is -0.131. The summed E-state index contributed by atoms with van der Waals surface area (Å²) in [6.45, 7) is 2.03. The highest BCUT2D eigenvalue weighted by molar-refractivity contribution is 7.93. The standard InChI is InChI=1S/C23H27ClN4O4S/c24-18-7-2-3-8-19(18)26-33(31,32)21-15-17(10-11-20(21)27-12-4-1-5-13-27)25-22(29)16-28-14-6-9-23(28)30/h2-3,7-8,10-11,15,26H,1,4-6,9,12-14,16H2,(H,25,29). The largest absolute Gasteiger partial charge is 0.370 e. The number of para-hydroxylation sites is 1. The number of nitrogens with zero attached hydrogens (tertiary/aromatic N) is 2. The predicted molar refractivity (Wildman–Crippen MR) is 129 cm³/mol. The van der Waals surface area contributed by atoms with E-state index in [2.05, 4.69) is 14.9 Å². The van der Waals surface area contributed by atoms with Crippen LogP contribution in [0.15, 0.2) is 47.4 Å². The lowest BCUT2D eigenvalue weighted by Crippen LogP contribution is -2.34. The fourth-order valence-electron chi connectivity index (χ4n) is 4.19. The molecule has 2 aliphatic heterocycles. The van der Waals surface area contributed by atoms with Crippen molar-refractivity contribution in [1.82, 2.24) is 4.90 Å². The van der Waals surface area contributed by atoms with E-state index in [0.29, 0.717) is 29.4 Å². The molecule has 176 valence electrons. The van der Waals surface area contributed by atoms with Crippen molar-refractivity contribution in [2.24, 2.45) is 0 Å². The third-order valence-electron chi connectivity index (χ3n) is 5.85. The van der Waals surface area contributed by atoms with Gasteiger partial charge in [0.15, 0.2) is 0 Å². The molecule has 2 amide bonds.